The van der Waals surface area contributed by atoms with E-state index in [2.05, 4.69) is 25.6 Å². The van der Waals surface area contributed by atoms with Crippen LogP contribution in [0.5, 0.6) is 0 Å². The first-order valence-electron chi connectivity index (χ1n) is 7.07. The second kappa shape index (κ2) is 7.02. The van der Waals surface area contributed by atoms with E-state index in [0.29, 0.717) is 21.3 Å². The van der Waals surface area contributed by atoms with Crippen molar-refractivity contribution in [2.75, 3.05) is 10.6 Å². The van der Waals surface area contributed by atoms with Crippen molar-refractivity contribution in [2.24, 2.45) is 0 Å². The highest BCUT2D eigenvalue weighted by Crippen LogP contribution is 2.28. The number of nitriles is 1. The number of nitrogens with one attached hydrogen (secondary N) is 2. The van der Waals surface area contributed by atoms with Gasteiger partial charge >= 0.3 is 0 Å². The first kappa shape index (κ1) is 16.5. The third-order valence-corrected chi connectivity index (χ3v) is 3.93. The monoisotopic (exact) mass is 354 g/mol. The van der Waals surface area contributed by atoms with Gasteiger partial charge in [0.25, 0.3) is 5.91 Å². The maximum absolute atomic E-state index is 12.9. The molecule has 0 aliphatic rings. The van der Waals surface area contributed by atoms with Gasteiger partial charge in [-0.3, -0.25) is 9.78 Å². The molecular formula is C16H11FN6OS. The number of hydrogen-bond donors (Lipinski definition) is 2. The molecule has 124 valence electrons. The van der Waals surface area contributed by atoms with Crippen LogP contribution in [0.2, 0.25) is 0 Å². The summed E-state index contributed by atoms with van der Waals surface area (Å²) in [4.78, 5) is 24.4. The van der Waals surface area contributed by atoms with Crippen molar-refractivity contribution in [3.05, 3.63) is 58.9 Å². The lowest BCUT2D eigenvalue weighted by Crippen LogP contribution is -2.15. The zero-order valence-corrected chi connectivity index (χ0v) is 13.8. The first-order valence-corrected chi connectivity index (χ1v) is 7.89. The van der Waals surface area contributed by atoms with Crippen molar-refractivity contribution in [1.29, 1.82) is 5.26 Å². The van der Waals surface area contributed by atoms with Crippen LogP contribution in [0, 0.1) is 24.1 Å². The van der Waals surface area contributed by atoms with Crippen LogP contribution in [0.1, 0.15) is 21.1 Å². The predicted molar refractivity (Wildman–Crippen MR) is 91.2 cm³/mol. The van der Waals surface area contributed by atoms with E-state index < -0.39 is 11.7 Å². The number of halogens is 1. The lowest BCUT2D eigenvalue weighted by atomic mass is 10.3. The van der Waals surface area contributed by atoms with E-state index >= 15 is 0 Å². The smallest absolute Gasteiger partial charge is 0.278 e. The lowest BCUT2D eigenvalue weighted by Gasteiger charge is -2.07. The molecule has 3 heterocycles. The van der Waals surface area contributed by atoms with Crippen molar-refractivity contribution in [2.45, 2.75) is 6.92 Å². The molecule has 9 heteroatoms. The summed E-state index contributed by atoms with van der Waals surface area (Å²) in [5.74, 6) is -0.749. The second-order valence-corrected chi connectivity index (χ2v) is 6.13. The van der Waals surface area contributed by atoms with E-state index in [9.17, 15) is 9.18 Å². The number of hydrogen-bond acceptors (Lipinski definition) is 7. The van der Waals surface area contributed by atoms with Crippen molar-refractivity contribution >= 4 is 33.8 Å². The lowest BCUT2D eigenvalue weighted by molar-refractivity contribution is 0.102. The van der Waals surface area contributed by atoms with E-state index in [1.807, 2.05) is 6.07 Å². The van der Waals surface area contributed by atoms with Gasteiger partial charge in [0.2, 0.25) is 0 Å². The molecule has 2 N–H and O–H groups in total. The Labute approximate surface area is 146 Å². The SMILES string of the molecule is Cc1nc(C(=O)Nc2ccc(F)cn2)c(Nc2cncc(C#N)c2)s1. The summed E-state index contributed by atoms with van der Waals surface area (Å²) in [5, 5.41) is 15.7. The maximum atomic E-state index is 12.9. The number of aryl methyl sites for hydroxylation is 1. The zero-order valence-electron chi connectivity index (χ0n) is 12.9. The minimum absolute atomic E-state index is 0.177. The van der Waals surface area contributed by atoms with E-state index in [1.54, 1.807) is 19.2 Å². The molecule has 0 aliphatic carbocycles. The number of rotatable bonds is 4. The Kier molecular flexibility index (Phi) is 4.63. The molecule has 7 nitrogen and oxygen atoms in total. The third kappa shape index (κ3) is 3.94. The molecule has 0 spiro atoms. The summed E-state index contributed by atoms with van der Waals surface area (Å²) in [7, 11) is 0. The summed E-state index contributed by atoms with van der Waals surface area (Å²) in [6.45, 7) is 1.77. The number of carbonyl (C=O) groups excluding carboxylic acids is 1. The second-order valence-electron chi connectivity index (χ2n) is 4.93. The average Bonchev–Trinajstić information content (AvgIpc) is 2.97. The van der Waals surface area contributed by atoms with Gasteiger partial charge in [-0.2, -0.15) is 5.26 Å². The summed E-state index contributed by atoms with van der Waals surface area (Å²) >= 11 is 1.29. The molecule has 0 radical (unpaired) electrons. The molecule has 0 saturated carbocycles. The number of nitrogens with zero attached hydrogens (tertiary/aromatic N) is 4. The van der Waals surface area contributed by atoms with Crippen LogP contribution < -0.4 is 10.6 Å². The zero-order chi connectivity index (χ0) is 17.8. The summed E-state index contributed by atoms with van der Waals surface area (Å²) in [6, 6.07) is 6.18. The van der Waals surface area contributed by atoms with Crippen LogP contribution in [-0.4, -0.2) is 20.9 Å². The van der Waals surface area contributed by atoms with Crippen molar-refractivity contribution < 1.29 is 9.18 Å². The molecule has 0 aromatic carbocycles. The van der Waals surface area contributed by atoms with Crippen molar-refractivity contribution in [3.8, 4) is 6.07 Å². The Balaban J connectivity index is 1.83. The van der Waals surface area contributed by atoms with Gasteiger partial charge in [0, 0.05) is 6.20 Å². The van der Waals surface area contributed by atoms with Gasteiger partial charge in [0.05, 0.1) is 28.7 Å². The molecule has 0 unspecified atom stereocenters. The average molecular weight is 354 g/mol. The highest BCUT2D eigenvalue weighted by Gasteiger charge is 2.18. The number of thiazole rings is 1. The Morgan fingerprint density at radius 2 is 2.16 bits per heavy atom. The van der Waals surface area contributed by atoms with Crippen molar-refractivity contribution in [1.82, 2.24) is 15.0 Å². The van der Waals surface area contributed by atoms with Gasteiger partial charge in [0.1, 0.15) is 22.7 Å². The minimum Gasteiger partial charge on any atom is -0.344 e. The van der Waals surface area contributed by atoms with E-state index in [4.69, 9.17) is 5.26 Å². The van der Waals surface area contributed by atoms with Gasteiger partial charge < -0.3 is 10.6 Å². The minimum atomic E-state index is -0.491. The highest BCUT2D eigenvalue weighted by molar-refractivity contribution is 7.16. The maximum Gasteiger partial charge on any atom is 0.278 e. The van der Waals surface area contributed by atoms with Crippen LogP contribution in [0.15, 0.2) is 36.8 Å². The Morgan fingerprint density at radius 3 is 2.88 bits per heavy atom. The number of amides is 1. The van der Waals surface area contributed by atoms with E-state index in [1.165, 1.54) is 29.7 Å². The van der Waals surface area contributed by atoms with E-state index in [0.717, 1.165) is 6.20 Å². The highest BCUT2D eigenvalue weighted by atomic mass is 32.1. The summed E-state index contributed by atoms with van der Waals surface area (Å²) < 4.78 is 12.9. The molecule has 3 aromatic heterocycles. The van der Waals surface area contributed by atoms with E-state index in [-0.39, 0.29) is 11.5 Å². The molecule has 3 aromatic rings. The Morgan fingerprint density at radius 1 is 1.32 bits per heavy atom. The molecule has 3 rings (SSSR count). The van der Waals surface area contributed by atoms with Gasteiger partial charge in [-0.05, 0) is 25.1 Å². The van der Waals surface area contributed by atoms with Gasteiger partial charge in [-0.15, -0.1) is 11.3 Å². The standard InChI is InChI=1S/C16H11FN6OS/c1-9-21-14(15(24)23-13-3-2-11(17)7-20-13)16(25-9)22-12-4-10(5-18)6-19-8-12/h2-4,6-8,22H,1H3,(H,20,23,24). The number of aromatic nitrogens is 3. The van der Waals surface area contributed by atoms with Crippen molar-refractivity contribution in [3.63, 3.8) is 0 Å². The Hall–Kier alpha value is -3.38. The summed E-state index contributed by atoms with van der Waals surface area (Å²) in [6.07, 6.45) is 4.00. The fourth-order valence-electron chi connectivity index (χ4n) is 1.99. The van der Waals surface area contributed by atoms with Crippen LogP contribution in [-0.2, 0) is 0 Å². The van der Waals surface area contributed by atoms with Crippen LogP contribution in [0.3, 0.4) is 0 Å². The molecule has 0 aliphatic heterocycles. The molecule has 0 atom stereocenters. The van der Waals surface area contributed by atoms with Gasteiger partial charge in [-0.25, -0.2) is 14.4 Å². The van der Waals surface area contributed by atoms with Crippen LogP contribution in [0.4, 0.5) is 20.9 Å². The topological polar surface area (TPSA) is 104 Å². The molecular weight excluding hydrogens is 343 g/mol. The van der Waals surface area contributed by atoms with Crippen LogP contribution >= 0.6 is 11.3 Å². The Bertz CT molecular complexity index is 964. The normalized spacial score (nSPS) is 10.1. The number of anilines is 3. The molecule has 0 saturated heterocycles. The molecule has 0 fully saturated rings. The largest absolute Gasteiger partial charge is 0.344 e. The summed E-state index contributed by atoms with van der Waals surface area (Å²) in [5.41, 5.74) is 1.14. The molecule has 0 bridgehead atoms. The predicted octanol–water partition coefficient (Wildman–Crippen LogP) is 3.25. The number of carbonyl (C=O) groups is 1. The van der Waals surface area contributed by atoms with Crippen LogP contribution in [0.25, 0.3) is 0 Å². The molecule has 25 heavy (non-hydrogen) atoms. The van der Waals surface area contributed by atoms with Gasteiger partial charge in [0.15, 0.2) is 5.69 Å². The molecule has 1 amide bonds. The van der Waals surface area contributed by atoms with Gasteiger partial charge in [-0.1, -0.05) is 0 Å². The fraction of sp³-hybridized carbons (Fsp3) is 0.0625. The first-order chi connectivity index (χ1) is 12.0. The number of pyridine rings is 2. The third-order valence-electron chi connectivity index (χ3n) is 3.04. The fourth-order valence-corrected chi connectivity index (χ4v) is 2.83. The quantitative estimate of drug-likeness (QED) is 0.745.